The zero-order valence-corrected chi connectivity index (χ0v) is 17.6. The van der Waals surface area contributed by atoms with E-state index in [-0.39, 0.29) is 5.25 Å². The number of aromatic nitrogens is 3. The molecule has 3 aromatic rings. The number of methoxy groups -OCH3 is 2. The second-order valence-corrected chi connectivity index (χ2v) is 7.70. The fourth-order valence-electron chi connectivity index (χ4n) is 3.17. The molecule has 1 aliphatic heterocycles. The zero-order chi connectivity index (χ0) is 20.4. The molecule has 0 bridgehead atoms. The van der Waals surface area contributed by atoms with Gasteiger partial charge in [0.2, 0.25) is 5.16 Å². The van der Waals surface area contributed by atoms with Gasteiger partial charge >= 0.3 is 0 Å². The SMILES string of the molecule is CCOc1ccc(C2=Nn3c(nnc3-c3ccc(OC)c(OC)c3)S[C@H]2C)cc1. The van der Waals surface area contributed by atoms with E-state index in [0.29, 0.717) is 23.9 Å². The van der Waals surface area contributed by atoms with E-state index in [2.05, 4.69) is 17.1 Å². The van der Waals surface area contributed by atoms with Gasteiger partial charge in [0.25, 0.3) is 0 Å². The topological polar surface area (TPSA) is 70.8 Å². The van der Waals surface area contributed by atoms with E-state index in [1.165, 1.54) is 0 Å². The number of hydrogen-bond acceptors (Lipinski definition) is 7. The van der Waals surface area contributed by atoms with E-state index in [4.69, 9.17) is 19.3 Å². The molecule has 8 heteroatoms. The van der Waals surface area contributed by atoms with Gasteiger partial charge in [0.05, 0.1) is 31.8 Å². The third kappa shape index (κ3) is 3.67. The highest BCUT2D eigenvalue weighted by Gasteiger charge is 2.26. The van der Waals surface area contributed by atoms with Crippen LogP contribution in [-0.4, -0.2) is 46.7 Å². The summed E-state index contributed by atoms with van der Waals surface area (Å²) in [5.74, 6) is 2.80. The first-order valence-corrected chi connectivity index (χ1v) is 10.2. The van der Waals surface area contributed by atoms with Crippen LogP contribution in [0.4, 0.5) is 0 Å². The summed E-state index contributed by atoms with van der Waals surface area (Å²) in [6, 6.07) is 13.7. The number of benzene rings is 2. The van der Waals surface area contributed by atoms with Crippen LogP contribution in [0.15, 0.2) is 52.7 Å². The van der Waals surface area contributed by atoms with Crippen molar-refractivity contribution in [3.63, 3.8) is 0 Å². The molecule has 0 N–H and O–H groups in total. The summed E-state index contributed by atoms with van der Waals surface area (Å²) in [5.41, 5.74) is 2.87. The molecule has 0 fully saturated rings. The van der Waals surface area contributed by atoms with Crippen LogP contribution in [-0.2, 0) is 0 Å². The van der Waals surface area contributed by atoms with Gasteiger partial charge in [-0.15, -0.1) is 10.2 Å². The Kier molecular flexibility index (Phi) is 5.44. The molecule has 0 unspecified atom stereocenters. The lowest BCUT2D eigenvalue weighted by atomic mass is 10.1. The minimum atomic E-state index is 0.155. The van der Waals surface area contributed by atoms with Crippen LogP contribution in [0.1, 0.15) is 19.4 Å². The van der Waals surface area contributed by atoms with Crippen molar-refractivity contribution in [2.75, 3.05) is 20.8 Å². The molecular formula is C21H22N4O3S. The van der Waals surface area contributed by atoms with E-state index in [1.54, 1.807) is 30.7 Å². The monoisotopic (exact) mass is 410 g/mol. The average Bonchev–Trinajstić information content (AvgIpc) is 3.16. The first-order valence-electron chi connectivity index (χ1n) is 9.31. The molecule has 0 amide bonds. The predicted molar refractivity (Wildman–Crippen MR) is 113 cm³/mol. The fourth-order valence-corrected chi connectivity index (χ4v) is 4.09. The second-order valence-electron chi connectivity index (χ2n) is 6.39. The van der Waals surface area contributed by atoms with Gasteiger partial charge in [-0.3, -0.25) is 0 Å². The average molecular weight is 410 g/mol. The maximum Gasteiger partial charge on any atom is 0.213 e. The lowest BCUT2D eigenvalue weighted by Gasteiger charge is -2.20. The van der Waals surface area contributed by atoms with Crippen molar-refractivity contribution in [2.45, 2.75) is 24.3 Å². The van der Waals surface area contributed by atoms with E-state index >= 15 is 0 Å². The van der Waals surface area contributed by atoms with Crippen LogP contribution in [0, 0.1) is 0 Å². The molecule has 2 aromatic carbocycles. The number of nitrogens with zero attached hydrogens (tertiary/aromatic N) is 4. The molecule has 0 radical (unpaired) electrons. The van der Waals surface area contributed by atoms with Gasteiger partial charge in [-0.25, -0.2) is 0 Å². The largest absolute Gasteiger partial charge is 0.494 e. The third-order valence-corrected chi connectivity index (χ3v) is 5.63. The van der Waals surface area contributed by atoms with Crippen molar-refractivity contribution in [1.29, 1.82) is 0 Å². The van der Waals surface area contributed by atoms with Gasteiger partial charge in [-0.1, -0.05) is 11.8 Å². The number of rotatable bonds is 6. The molecule has 29 heavy (non-hydrogen) atoms. The Labute approximate surface area is 173 Å². The molecule has 1 aliphatic rings. The van der Waals surface area contributed by atoms with Gasteiger partial charge in [-0.05, 0) is 61.9 Å². The van der Waals surface area contributed by atoms with Crippen molar-refractivity contribution in [2.24, 2.45) is 5.10 Å². The van der Waals surface area contributed by atoms with Crippen LogP contribution in [0.5, 0.6) is 17.2 Å². The van der Waals surface area contributed by atoms with Gasteiger partial charge in [0.15, 0.2) is 17.3 Å². The van der Waals surface area contributed by atoms with Crippen molar-refractivity contribution in [3.8, 4) is 28.6 Å². The standard InChI is InChI=1S/C21H22N4O3S/c1-5-28-16-9-6-14(7-10-16)19-13(2)29-21-23-22-20(25(21)24-19)15-8-11-17(26-3)18(12-15)27-4/h6-13H,5H2,1-4H3/t13-/m0/s1. The molecular weight excluding hydrogens is 388 g/mol. The van der Waals surface area contributed by atoms with Crippen molar-refractivity contribution < 1.29 is 14.2 Å². The lowest BCUT2D eigenvalue weighted by molar-refractivity contribution is 0.340. The van der Waals surface area contributed by atoms with Gasteiger partial charge in [0, 0.05) is 5.56 Å². The second kappa shape index (κ2) is 8.16. The molecule has 0 spiro atoms. The Bertz CT molecular complexity index is 1050. The molecule has 1 aromatic heterocycles. The Morgan fingerprint density at radius 3 is 2.38 bits per heavy atom. The zero-order valence-electron chi connectivity index (χ0n) is 16.7. The first kappa shape index (κ1) is 19.3. The fraction of sp³-hybridized carbons (Fsp3) is 0.286. The number of thioether (sulfide) groups is 1. The summed E-state index contributed by atoms with van der Waals surface area (Å²) >= 11 is 1.63. The molecule has 2 heterocycles. The van der Waals surface area contributed by atoms with Crippen molar-refractivity contribution in [1.82, 2.24) is 14.9 Å². The summed E-state index contributed by atoms with van der Waals surface area (Å²) < 4.78 is 18.1. The Morgan fingerprint density at radius 2 is 1.69 bits per heavy atom. The minimum Gasteiger partial charge on any atom is -0.494 e. The normalized spacial score (nSPS) is 15.4. The Hall–Kier alpha value is -3.00. The number of ether oxygens (including phenoxy) is 3. The number of fused-ring (bicyclic) bond motifs is 1. The van der Waals surface area contributed by atoms with E-state index in [1.807, 2.05) is 49.4 Å². The Morgan fingerprint density at radius 1 is 0.966 bits per heavy atom. The Balaban J connectivity index is 1.74. The summed E-state index contributed by atoms with van der Waals surface area (Å²) in [6.07, 6.45) is 0. The van der Waals surface area contributed by atoms with Crippen molar-refractivity contribution >= 4 is 17.5 Å². The van der Waals surface area contributed by atoms with Gasteiger partial charge in [0.1, 0.15) is 5.75 Å². The number of hydrogen-bond donors (Lipinski definition) is 0. The van der Waals surface area contributed by atoms with E-state index in [0.717, 1.165) is 27.7 Å². The van der Waals surface area contributed by atoms with Crippen LogP contribution < -0.4 is 14.2 Å². The van der Waals surface area contributed by atoms with E-state index in [9.17, 15) is 0 Å². The maximum atomic E-state index is 5.54. The third-order valence-electron chi connectivity index (χ3n) is 4.59. The quantitative estimate of drug-likeness (QED) is 0.609. The highest BCUT2D eigenvalue weighted by molar-refractivity contribution is 8.00. The van der Waals surface area contributed by atoms with Crippen LogP contribution in [0.25, 0.3) is 11.4 Å². The van der Waals surface area contributed by atoms with Crippen LogP contribution >= 0.6 is 11.8 Å². The highest BCUT2D eigenvalue weighted by atomic mass is 32.2. The van der Waals surface area contributed by atoms with Crippen LogP contribution in [0.2, 0.25) is 0 Å². The molecule has 0 aliphatic carbocycles. The predicted octanol–water partition coefficient (Wildman–Crippen LogP) is 4.11. The van der Waals surface area contributed by atoms with E-state index < -0.39 is 0 Å². The summed E-state index contributed by atoms with van der Waals surface area (Å²) in [6.45, 7) is 4.74. The summed E-state index contributed by atoms with van der Waals surface area (Å²) in [7, 11) is 3.22. The molecule has 1 atom stereocenters. The highest BCUT2D eigenvalue weighted by Crippen LogP contribution is 2.36. The molecule has 4 rings (SSSR count). The molecule has 150 valence electrons. The van der Waals surface area contributed by atoms with Gasteiger partial charge < -0.3 is 14.2 Å². The summed E-state index contributed by atoms with van der Waals surface area (Å²) in [5, 5.41) is 14.5. The van der Waals surface area contributed by atoms with Gasteiger partial charge in [-0.2, -0.15) is 9.78 Å². The maximum absolute atomic E-state index is 5.54. The smallest absolute Gasteiger partial charge is 0.213 e. The molecule has 0 saturated heterocycles. The minimum absolute atomic E-state index is 0.155. The molecule has 7 nitrogen and oxygen atoms in total. The molecule has 0 saturated carbocycles. The lowest BCUT2D eigenvalue weighted by Crippen LogP contribution is -2.21. The van der Waals surface area contributed by atoms with Crippen LogP contribution in [0.3, 0.4) is 0 Å². The van der Waals surface area contributed by atoms with Crippen molar-refractivity contribution in [3.05, 3.63) is 48.0 Å². The first-order chi connectivity index (χ1) is 14.1. The summed E-state index contributed by atoms with van der Waals surface area (Å²) in [4.78, 5) is 0.